The summed E-state index contributed by atoms with van der Waals surface area (Å²) >= 11 is 0. The second-order valence-corrected chi connectivity index (χ2v) is 13.2. The molecule has 0 aliphatic carbocycles. The highest BCUT2D eigenvalue weighted by Gasteiger charge is 2.42. The summed E-state index contributed by atoms with van der Waals surface area (Å²) in [6, 6.07) is 45.8. The van der Waals surface area contributed by atoms with Gasteiger partial charge in [-0.2, -0.15) is 0 Å². The Labute approximate surface area is 263 Å². The Balaban J connectivity index is 1.27. The lowest BCUT2D eigenvalue weighted by Gasteiger charge is -2.40. The van der Waals surface area contributed by atoms with Gasteiger partial charge in [0.2, 0.25) is 0 Å². The Morgan fingerprint density at radius 3 is 2.29 bits per heavy atom. The van der Waals surface area contributed by atoms with Crippen LogP contribution in [0, 0.1) is 0 Å². The first-order valence-electron chi connectivity index (χ1n) is 15.7. The second kappa shape index (κ2) is 9.58. The topological polar surface area (TPSA) is 25.4 Å². The number of fused-ring (bicyclic) bond motifs is 7. The Hall–Kier alpha value is -5.35. The van der Waals surface area contributed by atoms with Gasteiger partial charge in [-0.1, -0.05) is 99.6 Å². The van der Waals surface area contributed by atoms with E-state index in [1.165, 1.54) is 38.4 Å². The summed E-state index contributed by atoms with van der Waals surface area (Å²) in [5, 5.41) is 4.71. The molecule has 0 saturated heterocycles. The zero-order valence-electron chi connectivity index (χ0n) is 25.6. The number of ether oxygens (including phenoxy) is 1. The fraction of sp³-hybridized carbons (Fsp3) is 0.0976. The molecule has 0 radical (unpaired) electrons. The van der Waals surface area contributed by atoms with E-state index in [2.05, 4.69) is 153 Å². The average Bonchev–Trinajstić information content (AvgIpc) is 3.07. The molecule has 0 bridgehead atoms. The lowest BCUT2D eigenvalue weighted by Crippen LogP contribution is -2.59. The summed E-state index contributed by atoms with van der Waals surface area (Å²) in [4.78, 5) is 7.35. The molecular weight excluding hydrogens is 547 g/mol. The minimum Gasteiger partial charge on any atom is -0.458 e. The van der Waals surface area contributed by atoms with Crippen LogP contribution in [0.3, 0.4) is 0 Å². The van der Waals surface area contributed by atoms with Gasteiger partial charge in [0.15, 0.2) is 0 Å². The van der Waals surface area contributed by atoms with E-state index in [4.69, 9.17) is 9.72 Å². The number of nitrogens with zero attached hydrogens (tertiary/aromatic N) is 2. The highest BCUT2D eigenvalue weighted by atomic mass is 16.5. The highest BCUT2D eigenvalue weighted by molar-refractivity contribution is 6.99. The van der Waals surface area contributed by atoms with Gasteiger partial charge in [0.1, 0.15) is 11.5 Å². The largest absolute Gasteiger partial charge is 0.458 e. The first-order valence-corrected chi connectivity index (χ1v) is 15.7. The molecular formula is C41H31BN2O. The maximum absolute atomic E-state index is 6.92. The molecule has 4 heteroatoms. The van der Waals surface area contributed by atoms with Crippen LogP contribution < -0.4 is 26.0 Å². The lowest BCUT2D eigenvalue weighted by molar-refractivity contribution is 0.493. The number of rotatable bonds is 2. The minimum atomic E-state index is -0.00804. The van der Waals surface area contributed by atoms with E-state index in [9.17, 15) is 0 Å². The monoisotopic (exact) mass is 578 g/mol. The third-order valence-corrected chi connectivity index (χ3v) is 9.47. The van der Waals surface area contributed by atoms with Crippen LogP contribution in [0.15, 0.2) is 134 Å². The molecule has 0 atom stereocenters. The SMILES string of the molecule is CC(C)(C)c1cc(-c2nccc3c4c(ccc23)B2c3ccccc3N(c3ccccc3)c3cccc(c32)O4)cc2ccccc12. The quantitative estimate of drug-likeness (QED) is 0.192. The van der Waals surface area contributed by atoms with Crippen LogP contribution in [-0.4, -0.2) is 11.7 Å². The highest BCUT2D eigenvalue weighted by Crippen LogP contribution is 2.43. The van der Waals surface area contributed by atoms with E-state index in [0.717, 1.165) is 44.9 Å². The van der Waals surface area contributed by atoms with Gasteiger partial charge in [-0.3, -0.25) is 4.98 Å². The summed E-state index contributed by atoms with van der Waals surface area (Å²) < 4.78 is 6.92. The van der Waals surface area contributed by atoms with E-state index in [0.29, 0.717) is 0 Å². The van der Waals surface area contributed by atoms with Crippen molar-refractivity contribution in [1.29, 1.82) is 0 Å². The Kier molecular flexibility index (Phi) is 5.55. The minimum absolute atomic E-state index is 0.00804. The molecule has 6 aromatic carbocycles. The summed E-state index contributed by atoms with van der Waals surface area (Å²) in [6.07, 6.45) is 1.94. The number of anilines is 3. The number of hydrogen-bond donors (Lipinski definition) is 0. The van der Waals surface area contributed by atoms with Crippen molar-refractivity contribution in [2.45, 2.75) is 26.2 Å². The molecule has 0 spiro atoms. The third kappa shape index (κ3) is 3.88. The van der Waals surface area contributed by atoms with Crippen molar-refractivity contribution in [3.63, 3.8) is 0 Å². The summed E-state index contributed by atoms with van der Waals surface area (Å²) in [7, 11) is 0. The Morgan fingerprint density at radius 1 is 0.644 bits per heavy atom. The maximum atomic E-state index is 6.92. The Morgan fingerprint density at radius 2 is 1.42 bits per heavy atom. The zero-order valence-corrected chi connectivity index (χ0v) is 25.6. The zero-order chi connectivity index (χ0) is 30.3. The van der Waals surface area contributed by atoms with Gasteiger partial charge in [0.25, 0.3) is 6.71 Å². The molecule has 0 fully saturated rings. The molecule has 0 amide bonds. The van der Waals surface area contributed by atoms with Crippen molar-refractivity contribution in [2.24, 2.45) is 0 Å². The van der Waals surface area contributed by atoms with E-state index < -0.39 is 0 Å². The smallest absolute Gasteiger partial charge is 0.256 e. The van der Waals surface area contributed by atoms with Gasteiger partial charge in [0.05, 0.1) is 5.69 Å². The summed E-state index contributed by atoms with van der Waals surface area (Å²) in [5.41, 5.74) is 10.6. The molecule has 1 aromatic heterocycles. The molecule has 0 unspecified atom stereocenters. The van der Waals surface area contributed by atoms with Crippen LogP contribution in [0.2, 0.25) is 0 Å². The molecule has 9 rings (SSSR count). The molecule has 7 aromatic rings. The fourth-order valence-corrected chi connectivity index (χ4v) is 7.50. The van der Waals surface area contributed by atoms with Gasteiger partial charge in [-0.05, 0) is 86.7 Å². The van der Waals surface area contributed by atoms with E-state index >= 15 is 0 Å². The van der Waals surface area contributed by atoms with Gasteiger partial charge >= 0.3 is 0 Å². The van der Waals surface area contributed by atoms with E-state index in [1.807, 2.05) is 6.20 Å². The van der Waals surface area contributed by atoms with Crippen LogP contribution in [0.1, 0.15) is 26.3 Å². The second-order valence-electron chi connectivity index (χ2n) is 13.2. The van der Waals surface area contributed by atoms with E-state index in [-0.39, 0.29) is 12.1 Å². The normalized spacial score (nSPS) is 13.3. The maximum Gasteiger partial charge on any atom is 0.256 e. The van der Waals surface area contributed by atoms with Crippen LogP contribution in [0.25, 0.3) is 32.8 Å². The Bertz CT molecular complexity index is 2300. The predicted octanol–water partition coefficient (Wildman–Crippen LogP) is 8.76. The molecule has 214 valence electrons. The molecule has 3 nitrogen and oxygen atoms in total. The van der Waals surface area contributed by atoms with Crippen LogP contribution >= 0.6 is 0 Å². The fourth-order valence-electron chi connectivity index (χ4n) is 7.50. The third-order valence-electron chi connectivity index (χ3n) is 9.47. The summed E-state index contributed by atoms with van der Waals surface area (Å²) in [6.45, 7) is 6.91. The van der Waals surface area contributed by atoms with Crippen LogP contribution in [-0.2, 0) is 5.41 Å². The first-order chi connectivity index (χ1) is 22.0. The van der Waals surface area contributed by atoms with Gasteiger partial charge in [0, 0.05) is 39.6 Å². The molecule has 45 heavy (non-hydrogen) atoms. The van der Waals surface area contributed by atoms with Crippen molar-refractivity contribution in [3.8, 4) is 22.8 Å². The number of benzene rings is 6. The average molecular weight is 579 g/mol. The van der Waals surface area contributed by atoms with Crippen molar-refractivity contribution in [2.75, 3.05) is 4.90 Å². The molecule has 3 heterocycles. The predicted molar refractivity (Wildman–Crippen MR) is 189 cm³/mol. The van der Waals surface area contributed by atoms with Crippen molar-refractivity contribution in [1.82, 2.24) is 4.98 Å². The number of hydrogen-bond acceptors (Lipinski definition) is 3. The van der Waals surface area contributed by atoms with Crippen LogP contribution in [0.5, 0.6) is 11.5 Å². The number of para-hydroxylation sites is 2. The van der Waals surface area contributed by atoms with Crippen LogP contribution in [0.4, 0.5) is 17.1 Å². The number of aromatic nitrogens is 1. The summed E-state index contributed by atoms with van der Waals surface area (Å²) in [5.74, 6) is 1.83. The molecule has 0 saturated carbocycles. The van der Waals surface area contributed by atoms with Gasteiger partial charge in [-0.15, -0.1) is 0 Å². The molecule has 2 aliphatic rings. The van der Waals surface area contributed by atoms with E-state index in [1.54, 1.807) is 0 Å². The standard InChI is InChI=1S/C41H31BN2O/c1-41(2,3)32-25-27(24-26-12-7-8-15-29(26)32)39-30-20-21-34-40(31(30)22-23-43-39)45-37-19-11-18-36-38(37)42(34)33-16-9-10-17-35(33)44(36)28-13-5-4-6-14-28/h4-25H,1-3H3. The number of pyridine rings is 1. The van der Waals surface area contributed by atoms with Gasteiger partial charge in [-0.25, -0.2) is 0 Å². The van der Waals surface area contributed by atoms with Gasteiger partial charge < -0.3 is 9.64 Å². The molecule has 2 aliphatic heterocycles. The lowest BCUT2D eigenvalue weighted by atomic mass is 9.34. The van der Waals surface area contributed by atoms with Crippen molar-refractivity contribution >= 4 is 61.7 Å². The van der Waals surface area contributed by atoms with Crippen molar-refractivity contribution in [3.05, 3.63) is 139 Å². The first kappa shape index (κ1) is 26.1. The van der Waals surface area contributed by atoms with Crippen molar-refractivity contribution < 1.29 is 4.74 Å². The molecule has 0 N–H and O–H groups in total.